The number of hydrogen-bond acceptors (Lipinski definition) is 5. The molecule has 1 heterocycles. The van der Waals surface area contributed by atoms with Gasteiger partial charge in [-0.2, -0.15) is 0 Å². The summed E-state index contributed by atoms with van der Waals surface area (Å²) in [7, 11) is 0. The van der Waals surface area contributed by atoms with Gasteiger partial charge in [-0.25, -0.2) is 15.0 Å². The topological polar surface area (TPSA) is 120 Å². The summed E-state index contributed by atoms with van der Waals surface area (Å²) in [6.07, 6.45) is 5.60. The quantitative estimate of drug-likeness (QED) is 0.496. The lowest BCUT2D eigenvalue weighted by atomic mass is 10.2. The van der Waals surface area contributed by atoms with Crippen LogP contribution >= 0.6 is 0 Å². The van der Waals surface area contributed by atoms with Crippen molar-refractivity contribution in [2.75, 3.05) is 5.32 Å². The minimum Gasteiger partial charge on any atom is -0.506 e. The Morgan fingerprint density at radius 2 is 2.33 bits per heavy atom. The Morgan fingerprint density at radius 1 is 1.52 bits per heavy atom. The van der Waals surface area contributed by atoms with Crippen LogP contribution in [-0.2, 0) is 0 Å². The Morgan fingerprint density at radius 3 is 3.00 bits per heavy atom. The Hall–Kier alpha value is -2.44. The number of pyridine rings is 1. The van der Waals surface area contributed by atoms with Gasteiger partial charge in [0.05, 0.1) is 18.5 Å². The van der Waals surface area contributed by atoms with Gasteiger partial charge in [0, 0.05) is 11.8 Å². The van der Waals surface area contributed by atoms with Crippen LogP contribution < -0.4 is 11.1 Å². The third kappa shape index (κ3) is 4.87. The van der Waals surface area contributed by atoms with Crippen LogP contribution in [0.25, 0.3) is 0 Å². The van der Waals surface area contributed by atoms with Crippen LogP contribution in [0.5, 0.6) is 5.75 Å². The molecular weight excluding hydrogens is 268 g/mol. The van der Waals surface area contributed by atoms with E-state index in [9.17, 15) is 5.11 Å². The maximum Gasteiger partial charge on any atom is 0.215 e. The van der Waals surface area contributed by atoms with E-state index in [0.29, 0.717) is 5.71 Å². The predicted molar refractivity (Wildman–Crippen MR) is 84.5 cm³/mol. The van der Waals surface area contributed by atoms with Crippen LogP contribution in [0, 0.1) is 5.41 Å². The van der Waals surface area contributed by atoms with Crippen molar-refractivity contribution in [2.45, 2.75) is 38.3 Å². The van der Waals surface area contributed by atoms with Gasteiger partial charge in [0.1, 0.15) is 11.6 Å². The molecule has 0 radical (unpaired) electrons. The first-order valence-corrected chi connectivity index (χ1v) is 6.87. The van der Waals surface area contributed by atoms with Gasteiger partial charge >= 0.3 is 0 Å². The Bertz CT molecular complexity index is 551. The molecule has 0 amide bonds. The zero-order chi connectivity index (χ0) is 15.2. The van der Waals surface area contributed by atoms with Gasteiger partial charge in [0.2, 0.25) is 5.96 Å². The lowest BCUT2D eigenvalue weighted by Crippen LogP contribution is -2.18. The van der Waals surface area contributed by atoms with Gasteiger partial charge in [0.25, 0.3) is 0 Å². The Kier molecular flexibility index (Phi) is 4.86. The molecule has 0 bridgehead atoms. The lowest BCUT2D eigenvalue weighted by Gasteiger charge is -2.12. The molecule has 2 atom stereocenters. The standard InChI is InChI=1S/C14H20N6O/c1-9(15)7-18-14(16)20-11-3-2-10(6-11)19-13-5-4-12(21)8-17-13/h4-5,7-8,10-11,15,21H,2-3,6H2,1H3,(H2,16,20)(H,17,19). The van der Waals surface area contributed by atoms with Gasteiger partial charge in [-0.1, -0.05) is 0 Å². The van der Waals surface area contributed by atoms with Gasteiger partial charge in [-0.05, 0) is 38.3 Å². The van der Waals surface area contributed by atoms with Crippen LogP contribution in [0.15, 0.2) is 28.3 Å². The van der Waals surface area contributed by atoms with Crippen molar-refractivity contribution in [3.63, 3.8) is 0 Å². The summed E-state index contributed by atoms with van der Waals surface area (Å²) in [5.74, 6) is 1.12. The molecule has 1 aromatic heterocycles. The fourth-order valence-electron chi connectivity index (χ4n) is 2.27. The van der Waals surface area contributed by atoms with E-state index in [2.05, 4.69) is 20.3 Å². The summed E-state index contributed by atoms with van der Waals surface area (Å²) in [6.45, 7) is 1.64. The molecule has 0 aliphatic heterocycles. The maximum absolute atomic E-state index is 9.20. The van der Waals surface area contributed by atoms with E-state index >= 15 is 0 Å². The number of nitrogens with zero attached hydrogens (tertiary/aromatic N) is 3. The highest BCUT2D eigenvalue weighted by atomic mass is 16.3. The SMILES string of the molecule is CC(=N)C=NC(N)=NC1CCC(Nc2ccc(O)cn2)C1. The van der Waals surface area contributed by atoms with Gasteiger partial charge < -0.3 is 21.6 Å². The van der Waals surface area contributed by atoms with Crippen LogP contribution in [0.2, 0.25) is 0 Å². The summed E-state index contributed by atoms with van der Waals surface area (Å²) in [6, 6.07) is 3.78. The van der Waals surface area contributed by atoms with E-state index in [-0.39, 0.29) is 23.8 Å². The van der Waals surface area contributed by atoms with Crippen LogP contribution in [-0.4, -0.2) is 40.1 Å². The molecule has 2 unspecified atom stereocenters. The van der Waals surface area contributed by atoms with Crippen LogP contribution in [0.3, 0.4) is 0 Å². The summed E-state index contributed by atoms with van der Waals surface area (Å²) in [5, 5.41) is 19.8. The zero-order valence-corrected chi connectivity index (χ0v) is 12.0. The minimum absolute atomic E-state index is 0.141. The molecular formula is C14H20N6O. The van der Waals surface area contributed by atoms with Gasteiger partial charge in [-0.3, -0.25) is 0 Å². The smallest absolute Gasteiger partial charge is 0.215 e. The molecule has 112 valence electrons. The second-order valence-corrected chi connectivity index (χ2v) is 5.14. The van der Waals surface area contributed by atoms with E-state index in [4.69, 9.17) is 11.1 Å². The number of hydrogen-bond donors (Lipinski definition) is 4. The van der Waals surface area contributed by atoms with Gasteiger partial charge in [0.15, 0.2) is 0 Å². The third-order valence-corrected chi connectivity index (χ3v) is 3.21. The highest BCUT2D eigenvalue weighted by Crippen LogP contribution is 2.25. The molecule has 1 aromatic rings. The van der Waals surface area contributed by atoms with E-state index in [1.807, 2.05) is 0 Å². The van der Waals surface area contributed by atoms with Crippen molar-refractivity contribution >= 4 is 23.7 Å². The number of aromatic hydroxyl groups is 1. The fraction of sp³-hybridized carbons (Fsp3) is 0.429. The fourth-order valence-corrected chi connectivity index (χ4v) is 2.27. The molecule has 1 saturated carbocycles. The number of aromatic nitrogens is 1. The van der Waals surface area contributed by atoms with Gasteiger partial charge in [-0.15, -0.1) is 0 Å². The van der Waals surface area contributed by atoms with Crippen molar-refractivity contribution in [1.29, 1.82) is 5.41 Å². The molecule has 7 heteroatoms. The number of nitrogens with two attached hydrogens (primary N) is 1. The molecule has 1 fully saturated rings. The number of rotatable bonds is 4. The Labute approximate surface area is 123 Å². The monoisotopic (exact) mass is 288 g/mol. The third-order valence-electron chi connectivity index (χ3n) is 3.21. The highest BCUT2D eigenvalue weighted by Gasteiger charge is 2.24. The molecule has 21 heavy (non-hydrogen) atoms. The number of anilines is 1. The molecule has 5 N–H and O–H groups in total. The largest absolute Gasteiger partial charge is 0.506 e. The number of guanidine groups is 1. The average molecular weight is 288 g/mol. The predicted octanol–water partition coefficient (Wildman–Crippen LogP) is 1.55. The number of aliphatic imine (C=N–C) groups is 2. The second kappa shape index (κ2) is 6.83. The molecule has 1 aliphatic carbocycles. The van der Waals surface area contributed by atoms with E-state index in [1.54, 1.807) is 19.1 Å². The van der Waals surface area contributed by atoms with E-state index < -0.39 is 0 Å². The highest BCUT2D eigenvalue weighted by molar-refractivity contribution is 6.29. The summed E-state index contributed by atoms with van der Waals surface area (Å²) in [4.78, 5) is 12.4. The minimum atomic E-state index is 0.141. The van der Waals surface area contributed by atoms with Crippen molar-refractivity contribution in [1.82, 2.24) is 4.98 Å². The lowest BCUT2D eigenvalue weighted by molar-refractivity contribution is 0.473. The molecule has 1 aliphatic rings. The normalized spacial score (nSPS) is 22.6. The van der Waals surface area contributed by atoms with Crippen molar-refractivity contribution in [3.05, 3.63) is 18.3 Å². The van der Waals surface area contributed by atoms with E-state index in [0.717, 1.165) is 25.1 Å². The first-order chi connectivity index (χ1) is 10.0. The Balaban J connectivity index is 1.87. The molecule has 0 saturated heterocycles. The average Bonchev–Trinajstić information content (AvgIpc) is 2.86. The maximum atomic E-state index is 9.20. The summed E-state index contributed by atoms with van der Waals surface area (Å²) >= 11 is 0. The van der Waals surface area contributed by atoms with Crippen LogP contribution in [0.4, 0.5) is 5.82 Å². The van der Waals surface area contributed by atoms with Crippen LogP contribution in [0.1, 0.15) is 26.2 Å². The van der Waals surface area contributed by atoms with Crippen molar-refractivity contribution in [3.8, 4) is 5.75 Å². The summed E-state index contributed by atoms with van der Waals surface area (Å²) in [5.41, 5.74) is 6.06. The molecule has 0 spiro atoms. The van der Waals surface area contributed by atoms with E-state index in [1.165, 1.54) is 12.4 Å². The second-order valence-electron chi connectivity index (χ2n) is 5.14. The first-order valence-electron chi connectivity index (χ1n) is 6.87. The molecule has 0 aromatic carbocycles. The van der Waals surface area contributed by atoms with Crippen molar-refractivity contribution < 1.29 is 5.11 Å². The first kappa shape index (κ1) is 15.0. The number of nitrogens with one attached hydrogen (secondary N) is 2. The summed E-state index contributed by atoms with van der Waals surface area (Å²) < 4.78 is 0. The zero-order valence-electron chi connectivity index (χ0n) is 12.0. The van der Waals surface area contributed by atoms with Crippen molar-refractivity contribution in [2.24, 2.45) is 15.7 Å². The molecule has 2 rings (SSSR count). The molecule has 7 nitrogen and oxygen atoms in total.